The Morgan fingerprint density at radius 2 is 1.80 bits per heavy atom. The number of halogens is 1. The summed E-state index contributed by atoms with van der Waals surface area (Å²) in [4.78, 5) is 0.840. The monoisotopic (exact) mass is 332 g/mol. The zero-order valence-electron chi connectivity index (χ0n) is 10.7. The smallest absolute Gasteiger partial charge is 0.270 e. The topological polar surface area (TPSA) is 52.6 Å². The second-order valence-corrected chi connectivity index (χ2v) is 7.80. The normalized spacial score (nSPS) is 11.5. The molecule has 0 aliphatic rings. The van der Waals surface area contributed by atoms with Crippen molar-refractivity contribution in [2.45, 2.75) is 4.21 Å². The van der Waals surface area contributed by atoms with Gasteiger partial charge in [-0.1, -0.05) is 0 Å². The number of benzene rings is 1. The Hall–Kier alpha value is -1.08. The third-order valence-electron chi connectivity index (χ3n) is 2.52. The van der Waals surface area contributed by atoms with Crippen LogP contribution < -0.4 is 4.74 Å². The average molecular weight is 333 g/mol. The summed E-state index contributed by atoms with van der Waals surface area (Å²) in [6.07, 6.45) is 0. The quantitative estimate of drug-likeness (QED) is 0.601. The molecular formula is C13H13ClO4S2. The van der Waals surface area contributed by atoms with Gasteiger partial charge < -0.3 is 9.47 Å². The van der Waals surface area contributed by atoms with Gasteiger partial charge in [-0.2, -0.15) is 0 Å². The second-order valence-electron chi connectivity index (χ2n) is 3.92. The molecule has 1 aromatic heterocycles. The molecule has 0 bridgehead atoms. The summed E-state index contributed by atoms with van der Waals surface area (Å²) in [5, 5.41) is 0. The van der Waals surface area contributed by atoms with Gasteiger partial charge in [-0.05, 0) is 42.0 Å². The fourth-order valence-electron chi connectivity index (χ4n) is 1.56. The van der Waals surface area contributed by atoms with Gasteiger partial charge in [-0.3, -0.25) is 0 Å². The Labute approximate surface area is 126 Å². The summed E-state index contributed by atoms with van der Waals surface area (Å²) in [7, 11) is 3.26. The summed E-state index contributed by atoms with van der Waals surface area (Å²) in [5.74, 6) is 0.743. The van der Waals surface area contributed by atoms with E-state index in [2.05, 4.69) is 0 Å². The Kier molecular flexibility index (Phi) is 5.04. The molecule has 0 aliphatic carbocycles. The molecule has 4 nitrogen and oxygen atoms in total. The number of methoxy groups -OCH3 is 1. The molecule has 7 heteroatoms. The molecule has 108 valence electrons. The first kappa shape index (κ1) is 15.3. The molecule has 1 heterocycles. The Balaban J connectivity index is 2.12. The summed E-state index contributed by atoms with van der Waals surface area (Å²) < 4.78 is 32.9. The second kappa shape index (κ2) is 6.58. The minimum absolute atomic E-state index is 0.148. The highest BCUT2D eigenvalue weighted by Crippen LogP contribution is 2.33. The standard InChI is InChI=1S/C13H13ClO4S2/c1-17-8-9-18-11-4-2-10(3-5-11)12-6-7-13(19-12)20(14,15)16/h2-7H,8-9H2,1H3. The van der Waals surface area contributed by atoms with Gasteiger partial charge >= 0.3 is 0 Å². The highest BCUT2D eigenvalue weighted by molar-refractivity contribution is 8.15. The first-order valence-corrected chi connectivity index (χ1v) is 8.90. The van der Waals surface area contributed by atoms with Crippen molar-refractivity contribution in [3.05, 3.63) is 36.4 Å². The molecule has 0 saturated carbocycles. The van der Waals surface area contributed by atoms with Crippen LogP contribution in [0.3, 0.4) is 0 Å². The van der Waals surface area contributed by atoms with Crippen molar-refractivity contribution < 1.29 is 17.9 Å². The molecule has 0 radical (unpaired) electrons. The number of thiophene rings is 1. The van der Waals surface area contributed by atoms with Gasteiger partial charge in [0.15, 0.2) is 0 Å². The lowest BCUT2D eigenvalue weighted by Gasteiger charge is -2.05. The highest BCUT2D eigenvalue weighted by Gasteiger charge is 2.13. The Bertz CT molecular complexity index is 662. The van der Waals surface area contributed by atoms with E-state index in [1.807, 2.05) is 24.3 Å². The molecule has 0 spiro atoms. The predicted molar refractivity (Wildman–Crippen MR) is 80.2 cm³/mol. The third kappa shape index (κ3) is 3.96. The van der Waals surface area contributed by atoms with Crippen LogP contribution in [0.25, 0.3) is 10.4 Å². The molecular weight excluding hydrogens is 320 g/mol. The van der Waals surface area contributed by atoms with Gasteiger partial charge in [0.05, 0.1) is 6.61 Å². The lowest BCUT2D eigenvalue weighted by atomic mass is 10.2. The molecule has 0 amide bonds. The van der Waals surface area contributed by atoms with E-state index >= 15 is 0 Å². The van der Waals surface area contributed by atoms with Crippen LogP contribution in [0.4, 0.5) is 0 Å². The van der Waals surface area contributed by atoms with Crippen LogP contribution in [-0.4, -0.2) is 28.7 Å². The van der Waals surface area contributed by atoms with E-state index in [9.17, 15) is 8.42 Å². The summed E-state index contributed by atoms with van der Waals surface area (Å²) in [5.41, 5.74) is 0.917. The minimum Gasteiger partial charge on any atom is -0.491 e. The molecule has 1 aromatic carbocycles. The summed E-state index contributed by atoms with van der Waals surface area (Å²) >= 11 is 1.14. The molecule has 0 unspecified atom stereocenters. The van der Waals surface area contributed by atoms with Crippen LogP contribution in [0.15, 0.2) is 40.6 Å². The summed E-state index contributed by atoms with van der Waals surface area (Å²) in [6, 6.07) is 10.7. The Morgan fingerprint density at radius 3 is 2.35 bits per heavy atom. The minimum atomic E-state index is -3.66. The van der Waals surface area contributed by atoms with E-state index in [-0.39, 0.29) is 4.21 Å². The van der Waals surface area contributed by atoms with Crippen molar-refractivity contribution >= 4 is 31.1 Å². The van der Waals surface area contributed by atoms with Crippen molar-refractivity contribution in [2.75, 3.05) is 20.3 Å². The number of hydrogen-bond acceptors (Lipinski definition) is 5. The molecule has 0 atom stereocenters. The first-order chi connectivity index (χ1) is 9.50. The maximum atomic E-state index is 11.2. The highest BCUT2D eigenvalue weighted by atomic mass is 35.7. The maximum Gasteiger partial charge on any atom is 0.270 e. The van der Waals surface area contributed by atoms with Crippen LogP contribution in [-0.2, 0) is 13.8 Å². The van der Waals surface area contributed by atoms with Crippen LogP contribution in [0, 0.1) is 0 Å². The maximum absolute atomic E-state index is 11.2. The fraction of sp³-hybridized carbons (Fsp3) is 0.231. The lowest BCUT2D eigenvalue weighted by Crippen LogP contribution is -2.03. The lowest BCUT2D eigenvalue weighted by molar-refractivity contribution is 0.146. The van der Waals surface area contributed by atoms with Crippen LogP contribution in [0.1, 0.15) is 0 Å². The van der Waals surface area contributed by atoms with Crippen molar-refractivity contribution in [1.29, 1.82) is 0 Å². The van der Waals surface area contributed by atoms with Gasteiger partial charge in [-0.25, -0.2) is 8.42 Å². The molecule has 0 fully saturated rings. The van der Waals surface area contributed by atoms with Gasteiger partial charge in [0, 0.05) is 22.7 Å². The van der Waals surface area contributed by atoms with Crippen molar-refractivity contribution in [3.63, 3.8) is 0 Å². The van der Waals surface area contributed by atoms with E-state index in [0.29, 0.717) is 13.2 Å². The first-order valence-electron chi connectivity index (χ1n) is 5.77. The van der Waals surface area contributed by atoms with Crippen molar-refractivity contribution in [1.82, 2.24) is 0 Å². The molecule has 0 saturated heterocycles. The van der Waals surface area contributed by atoms with Crippen LogP contribution in [0.5, 0.6) is 5.75 Å². The van der Waals surface area contributed by atoms with Crippen LogP contribution in [0.2, 0.25) is 0 Å². The zero-order chi connectivity index (χ0) is 14.6. The van der Waals surface area contributed by atoms with E-state index in [1.54, 1.807) is 13.2 Å². The van der Waals surface area contributed by atoms with E-state index in [1.165, 1.54) is 6.07 Å². The molecule has 0 N–H and O–H groups in total. The van der Waals surface area contributed by atoms with E-state index in [4.69, 9.17) is 20.2 Å². The molecule has 20 heavy (non-hydrogen) atoms. The Morgan fingerprint density at radius 1 is 1.10 bits per heavy atom. The molecule has 0 aliphatic heterocycles. The van der Waals surface area contributed by atoms with Gasteiger partial charge in [0.1, 0.15) is 16.6 Å². The van der Waals surface area contributed by atoms with Gasteiger partial charge in [0.2, 0.25) is 0 Å². The number of rotatable bonds is 6. The molecule has 2 aromatic rings. The van der Waals surface area contributed by atoms with Gasteiger partial charge in [-0.15, -0.1) is 11.3 Å². The average Bonchev–Trinajstić information content (AvgIpc) is 2.89. The van der Waals surface area contributed by atoms with E-state index in [0.717, 1.165) is 27.5 Å². The predicted octanol–water partition coefficient (Wildman–Crippen LogP) is 3.37. The number of ether oxygens (including phenoxy) is 2. The third-order valence-corrected chi connectivity index (χ3v) is 5.74. The van der Waals surface area contributed by atoms with E-state index < -0.39 is 9.05 Å². The van der Waals surface area contributed by atoms with Crippen molar-refractivity contribution in [3.8, 4) is 16.2 Å². The fourth-order valence-corrected chi connectivity index (χ4v) is 3.64. The van der Waals surface area contributed by atoms with Crippen molar-refractivity contribution in [2.24, 2.45) is 0 Å². The number of hydrogen-bond donors (Lipinski definition) is 0. The van der Waals surface area contributed by atoms with Gasteiger partial charge in [0.25, 0.3) is 9.05 Å². The summed E-state index contributed by atoms with van der Waals surface area (Å²) in [6.45, 7) is 1.02. The molecule has 2 rings (SSSR count). The SMILES string of the molecule is COCCOc1ccc(-c2ccc(S(=O)(=O)Cl)s2)cc1. The zero-order valence-corrected chi connectivity index (χ0v) is 13.1. The van der Waals surface area contributed by atoms with Crippen LogP contribution >= 0.6 is 22.0 Å². The largest absolute Gasteiger partial charge is 0.491 e.